The zero-order chi connectivity index (χ0) is 8.27. The highest BCUT2D eigenvalue weighted by Gasteiger charge is 2.23. The van der Waals surface area contributed by atoms with Gasteiger partial charge < -0.3 is 10.4 Å². The molecule has 1 saturated carbocycles. The van der Waals surface area contributed by atoms with E-state index in [1.807, 2.05) is 0 Å². The van der Waals surface area contributed by atoms with Crippen LogP contribution in [0.25, 0.3) is 0 Å². The van der Waals surface area contributed by atoms with Crippen molar-refractivity contribution in [2.24, 2.45) is 0 Å². The van der Waals surface area contributed by atoms with Crippen LogP contribution in [0.2, 0.25) is 0 Å². The molecule has 0 unspecified atom stereocenters. The molecule has 11 heavy (non-hydrogen) atoms. The van der Waals surface area contributed by atoms with Crippen molar-refractivity contribution in [2.75, 3.05) is 6.54 Å². The van der Waals surface area contributed by atoms with Crippen LogP contribution in [0.15, 0.2) is 11.1 Å². The highest BCUT2D eigenvalue weighted by atomic mass is 79.9. The van der Waals surface area contributed by atoms with Gasteiger partial charge in [0.05, 0.1) is 6.10 Å². The van der Waals surface area contributed by atoms with E-state index in [-0.39, 0.29) is 12.1 Å². The van der Waals surface area contributed by atoms with E-state index in [9.17, 15) is 5.11 Å². The number of hydrogen-bond donors (Lipinski definition) is 2. The number of aliphatic hydroxyl groups is 1. The summed E-state index contributed by atoms with van der Waals surface area (Å²) in [5.41, 5.74) is 0. The summed E-state index contributed by atoms with van der Waals surface area (Å²) in [6.07, 6.45) is 3.00. The van der Waals surface area contributed by atoms with Gasteiger partial charge in [-0.25, -0.2) is 0 Å². The van der Waals surface area contributed by atoms with Crippen LogP contribution in [0.5, 0.6) is 0 Å². The minimum absolute atomic E-state index is 0.151. The first-order chi connectivity index (χ1) is 5.20. The molecule has 2 N–H and O–H groups in total. The lowest BCUT2D eigenvalue weighted by Gasteiger charge is -2.15. The predicted octanol–water partition coefficient (Wildman–Crippen LogP) is 1.40. The van der Waals surface area contributed by atoms with Gasteiger partial charge in [-0.15, -0.1) is 0 Å². The van der Waals surface area contributed by atoms with Crippen molar-refractivity contribution in [1.82, 2.24) is 5.32 Å². The summed E-state index contributed by atoms with van der Waals surface area (Å²) < 4.78 is 0.941. The molecule has 0 spiro atoms. The zero-order valence-corrected chi connectivity index (χ0v) is 8.10. The van der Waals surface area contributed by atoms with Gasteiger partial charge in [0.25, 0.3) is 0 Å². The Morgan fingerprint density at radius 1 is 1.64 bits per heavy atom. The highest BCUT2D eigenvalue weighted by Crippen LogP contribution is 2.18. The molecule has 0 bridgehead atoms. The monoisotopic (exact) mass is 219 g/mol. The normalized spacial score (nSPS) is 30.7. The SMILES string of the molecule is C=C(Br)CN[C@@H]1CCC[C@H]1O. The molecular formula is C8H14BrNO. The third-order valence-electron chi connectivity index (χ3n) is 2.04. The summed E-state index contributed by atoms with van der Waals surface area (Å²) in [7, 11) is 0. The lowest BCUT2D eigenvalue weighted by atomic mass is 10.2. The summed E-state index contributed by atoms with van der Waals surface area (Å²) in [5, 5.41) is 12.6. The van der Waals surface area contributed by atoms with Gasteiger partial charge in [0.2, 0.25) is 0 Å². The predicted molar refractivity (Wildman–Crippen MR) is 49.7 cm³/mol. The summed E-state index contributed by atoms with van der Waals surface area (Å²) in [5.74, 6) is 0. The van der Waals surface area contributed by atoms with Gasteiger partial charge in [0.15, 0.2) is 0 Å². The summed E-state index contributed by atoms with van der Waals surface area (Å²) in [4.78, 5) is 0. The van der Waals surface area contributed by atoms with Gasteiger partial charge >= 0.3 is 0 Å². The molecule has 0 aliphatic heterocycles. The van der Waals surface area contributed by atoms with Crippen LogP contribution in [0, 0.1) is 0 Å². The Balaban J connectivity index is 2.20. The fraction of sp³-hybridized carbons (Fsp3) is 0.750. The van der Waals surface area contributed by atoms with Crippen LogP contribution in [0.3, 0.4) is 0 Å². The highest BCUT2D eigenvalue weighted by molar-refractivity contribution is 9.11. The fourth-order valence-electron chi connectivity index (χ4n) is 1.42. The third-order valence-corrected chi connectivity index (χ3v) is 2.32. The van der Waals surface area contributed by atoms with Crippen LogP contribution >= 0.6 is 15.9 Å². The molecule has 64 valence electrons. The Labute approximate surface area is 75.8 Å². The molecular weight excluding hydrogens is 206 g/mol. The molecule has 0 heterocycles. The van der Waals surface area contributed by atoms with Gasteiger partial charge in [-0.2, -0.15) is 0 Å². The van der Waals surface area contributed by atoms with Crippen molar-refractivity contribution in [3.05, 3.63) is 11.1 Å². The molecule has 0 aromatic carbocycles. The summed E-state index contributed by atoms with van der Waals surface area (Å²) >= 11 is 3.26. The molecule has 1 rings (SSSR count). The first kappa shape index (κ1) is 9.23. The van der Waals surface area contributed by atoms with Crippen molar-refractivity contribution in [3.63, 3.8) is 0 Å². The number of hydrogen-bond acceptors (Lipinski definition) is 2. The average molecular weight is 220 g/mol. The van der Waals surface area contributed by atoms with Crippen LogP contribution in [-0.4, -0.2) is 23.8 Å². The van der Waals surface area contributed by atoms with Crippen molar-refractivity contribution < 1.29 is 5.11 Å². The van der Waals surface area contributed by atoms with Crippen molar-refractivity contribution >= 4 is 15.9 Å². The van der Waals surface area contributed by atoms with Crippen molar-refractivity contribution in [2.45, 2.75) is 31.4 Å². The Kier molecular flexibility index (Phi) is 3.55. The second-order valence-electron chi connectivity index (χ2n) is 3.00. The third kappa shape index (κ3) is 2.93. The molecule has 1 fully saturated rings. The zero-order valence-electron chi connectivity index (χ0n) is 6.52. The van der Waals surface area contributed by atoms with E-state index < -0.39 is 0 Å². The van der Waals surface area contributed by atoms with Gasteiger partial charge in [-0.3, -0.25) is 0 Å². The van der Waals surface area contributed by atoms with Crippen molar-refractivity contribution in [1.29, 1.82) is 0 Å². The molecule has 1 aliphatic rings. The molecule has 1 aliphatic carbocycles. The molecule has 0 aromatic rings. The quantitative estimate of drug-likeness (QED) is 0.753. The number of aliphatic hydroxyl groups excluding tert-OH is 1. The second kappa shape index (κ2) is 4.24. The first-order valence-corrected chi connectivity index (χ1v) is 4.74. The van der Waals surface area contributed by atoms with E-state index in [0.29, 0.717) is 0 Å². The molecule has 2 atom stereocenters. The van der Waals surface area contributed by atoms with Crippen LogP contribution in [0.4, 0.5) is 0 Å². The Morgan fingerprint density at radius 2 is 2.36 bits per heavy atom. The summed E-state index contributed by atoms with van der Waals surface area (Å²) in [6.45, 7) is 4.47. The van der Waals surface area contributed by atoms with E-state index >= 15 is 0 Å². The second-order valence-corrected chi connectivity index (χ2v) is 4.12. The average Bonchev–Trinajstić information content (AvgIpc) is 2.31. The van der Waals surface area contributed by atoms with Gasteiger partial charge in [-0.1, -0.05) is 22.5 Å². The number of rotatable bonds is 3. The van der Waals surface area contributed by atoms with Crippen LogP contribution in [0.1, 0.15) is 19.3 Å². The van der Waals surface area contributed by atoms with Crippen LogP contribution < -0.4 is 5.32 Å². The molecule has 0 aromatic heterocycles. The first-order valence-electron chi connectivity index (χ1n) is 3.95. The Morgan fingerprint density at radius 3 is 2.82 bits per heavy atom. The van der Waals surface area contributed by atoms with E-state index in [4.69, 9.17) is 0 Å². The smallest absolute Gasteiger partial charge is 0.0693 e. The van der Waals surface area contributed by atoms with E-state index in [2.05, 4.69) is 27.8 Å². The van der Waals surface area contributed by atoms with E-state index in [1.165, 1.54) is 0 Å². The van der Waals surface area contributed by atoms with E-state index in [1.54, 1.807) is 0 Å². The topological polar surface area (TPSA) is 32.3 Å². The lowest BCUT2D eigenvalue weighted by molar-refractivity contribution is 0.151. The molecule has 2 nitrogen and oxygen atoms in total. The Hall–Kier alpha value is 0.140. The van der Waals surface area contributed by atoms with E-state index in [0.717, 1.165) is 30.3 Å². The lowest BCUT2D eigenvalue weighted by Crippen LogP contribution is -2.36. The molecule has 0 amide bonds. The summed E-state index contributed by atoms with van der Waals surface area (Å²) in [6, 6.07) is 0.282. The molecule has 3 heteroatoms. The number of halogens is 1. The largest absolute Gasteiger partial charge is 0.392 e. The standard InChI is InChI=1S/C8H14BrNO/c1-6(9)5-10-7-3-2-4-8(7)11/h7-8,10-11H,1-5H2/t7-,8-/m1/s1. The van der Waals surface area contributed by atoms with Crippen LogP contribution in [-0.2, 0) is 0 Å². The maximum Gasteiger partial charge on any atom is 0.0693 e. The van der Waals surface area contributed by atoms with Gasteiger partial charge in [0, 0.05) is 17.1 Å². The minimum Gasteiger partial charge on any atom is -0.392 e. The van der Waals surface area contributed by atoms with Crippen molar-refractivity contribution in [3.8, 4) is 0 Å². The Bertz CT molecular complexity index is 149. The number of nitrogens with one attached hydrogen (secondary N) is 1. The maximum atomic E-state index is 9.39. The molecule has 0 radical (unpaired) electrons. The fourth-order valence-corrected chi connectivity index (χ4v) is 1.58. The molecule has 0 saturated heterocycles. The maximum absolute atomic E-state index is 9.39. The van der Waals surface area contributed by atoms with Gasteiger partial charge in [-0.05, 0) is 19.3 Å². The minimum atomic E-state index is -0.151. The van der Waals surface area contributed by atoms with Gasteiger partial charge in [0.1, 0.15) is 0 Å².